The maximum Gasteiger partial charge on any atom is 0.307 e. The molecule has 6 rings (SSSR count). The summed E-state index contributed by atoms with van der Waals surface area (Å²) in [7, 11) is 0. The van der Waals surface area contributed by atoms with Gasteiger partial charge in [-0.1, -0.05) is 12.2 Å². The van der Waals surface area contributed by atoms with Gasteiger partial charge in [0, 0.05) is 0 Å². The molecule has 6 aliphatic rings. The number of carboxylic acids is 2. The Morgan fingerprint density at radius 1 is 0.667 bits per heavy atom. The highest BCUT2D eigenvalue weighted by Crippen LogP contribution is 2.82. The molecule has 0 radical (unpaired) electrons. The summed E-state index contributed by atoms with van der Waals surface area (Å²) in [6.07, 6.45) is 4.56. The van der Waals surface area contributed by atoms with Gasteiger partial charge in [0.1, 0.15) is 0 Å². The third kappa shape index (κ3) is 0.677. The molecule has 4 nitrogen and oxygen atoms in total. The summed E-state index contributed by atoms with van der Waals surface area (Å²) < 4.78 is 0. The lowest BCUT2D eigenvalue weighted by molar-refractivity contribution is -0.159. The van der Waals surface area contributed by atoms with E-state index in [-0.39, 0.29) is 11.8 Å². The monoisotopic (exact) mass is 246 g/mol. The Labute approximate surface area is 104 Å². The van der Waals surface area contributed by atoms with Crippen LogP contribution in [-0.4, -0.2) is 22.2 Å². The molecule has 18 heavy (non-hydrogen) atoms. The minimum absolute atomic E-state index is 0.148. The molecule has 8 bridgehead atoms. The Hall–Kier alpha value is -1.32. The molecule has 6 aliphatic carbocycles. The van der Waals surface area contributed by atoms with Crippen LogP contribution >= 0.6 is 0 Å². The van der Waals surface area contributed by atoms with E-state index in [0.29, 0.717) is 35.5 Å². The van der Waals surface area contributed by atoms with E-state index < -0.39 is 23.8 Å². The van der Waals surface area contributed by atoms with Crippen molar-refractivity contribution >= 4 is 11.9 Å². The summed E-state index contributed by atoms with van der Waals surface area (Å²) in [4.78, 5) is 22.9. The van der Waals surface area contributed by atoms with Gasteiger partial charge in [0.25, 0.3) is 0 Å². The fraction of sp³-hybridized carbons (Fsp3) is 0.714. The highest BCUT2D eigenvalue weighted by molar-refractivity contribution is 5.82. The van der Waals surface area contributed by atoms with Crippen molar-refractivity contribution in [3.05, 3.63) is 12.2 Å². The molecule has 5 saturated carbocycles. The molecule has 5 fully saturated rings. The molecule has 0 aromatic rings. The second-order valence-corrected chi connectivity index (χ2v) is 6.73. The van der Waals surface area contributed by atoms with E-state index in [2.05, 4.69) is 12.2 Å². The van der Waals surface area contributed by atoms with Crippen LogP contribution in [-0.2, 0) is 9.59 Å². The van der Waals surface area contributed by atoms with Crippen molar-refractivity contribution in [2.75, 3.05) is 0 Å². The fourth-order valence-electron chi connectivity index (χ4n) is 6.95. The predicted molar refractivity (Wildman–Crippen MR) is 59.3 cm³/mol. The first kappa shape index (κ1) is 9.59. The summed E-state index contributed by atoms with van der Waals surface area (Å²) in [6.45, 7) is 0. The number of hydrogen-bond donors (Lipinski definition) is 2. The molecular weight excluding hydrogens is 232 g/mol. The number of hydrogen-bond acceptors (Lipinski definition) is 2. The highest BCUT2D eigenvalue weighted by Gasteiger charge is 2.82. The van der Waals surface area contributed by atoms with Crippen molar-refractivity contribution in [2.45, 2.75) is 0 Å². The second kappa shape index (κ2) is 2.51. The lowest BCUT2D eigenvalue weighted by Gasteiger charge is -2.38. The van der Waals surface area contributed by atoms with Crippen LogP contribution in [0.1, 0.15) is 0 Å². The molecule has 0 saturated heterocycles. The first-order valence-corrected chi connectivity index (χ1v) is 6.77. The van der Waals surface area contributed by atoms with Gasteiger partial charge in [-0.3, -0.25) is 9.59 Å². The van der Waals surface area contributed by atoms with E-state index >= 15 is 0 Å². The molecule has 0 amide bonds. The number of aliphatic carboxylic acids is 2. The smallest absolute Gasteiger partial charge is 0.307 e. The summed E-state index contributed by atoms with van der Waals surface area (Å²) in [5.41, 5.74) is 0. The Morgan fingerprint density at radius 2 is 1.11 bits per heavy atom. The molecule has 0 spiro atoms. The van der Waals surface area contributed by atoms with Crippen molar-refractivity contribution in [1.82, 2.24) is 0 Å². The largest absolute Gasteiger partial charge is 0.481 e. The zero-order valence-corrected chi connectivity index (χ0v) is 9.64. The molecule has 2 unspecified atom stereocenters. The van der Waals surface area contributed by atoms with E-state index in [9.17, 15) is 19.8 Å². The average molecular weight is 246 g/mol. The average Bonchev–Trinajstić information content (AvgIpc) is 3.07. The van der Waals surface area contributed by atoms with Gasteiger partial charge in [-0.25, -0.2) is 0 Å². The zero-order valence-electron chi connectivity index (χ0n) is 9.64. The first-order chi connectivity index (χ1) is 8.63. The minimum atomic E-state index is -0.884. The van der Waals surface area contributed by atoms with Gasteiger partial charge >= 0.3 is 11.9 Å². The van der Waals surface area contributed by atoms with Gasteiger partial charge in [-0.15, -0.1) is 0 Å². The quantitative estimate of drug-likeness (QED) is 0.711. The van der Waals surface area contributed by atoms with Crippen molar-refractivity contribution in [1.29, 1.82) is 0 Å². The molecular formula is C14H14O4. The molecule has 0 heterocycles. The zero-order chi connectivity index (χ0) is 12.3. The van der Waals surface area contributed by atoms with Crippen LogP contribution in [0.25, 0.3) is 0 Å². The van der Waals surface area contributed by atoms with Gasteiger partial charge in [0.05, 0.1) is 11.8 Å². The lowest BCUT2D eigenvalue weighted by atomic mass is 9.65. The number of allylic oxidation sites excluding steroid dienone is 2. The van der Waals surface area contributed by atoms with Crippen LogP contribution in [0.4, 0.5) is 0 Å². The van der Waals surface area contributed by atoms with Crippen LogP contribution in [0.15, 0.2) is 12.2 Å². The van der Waals surface area contributed by atoms with Crippen LogP contribution < -0.4 is 0 Å². The van der Waals surface area contributed by atoms with Gasteiger partial charge in [-0.05, 0) is 47.3 Å². The molecule has 0 aliphatic heterocycles. The number of rotatable bonds is 2. The third-order valence-corrected chi connectivity index (χ3v) is 6.79. The van der Waals surface area contributed by atoms with Gasteiger partial charge < -0.3 is 10.2 Å². The molecule has 10 atom stereocenters. The maximum absolute atomic E-state index is 11.5. The summed E-state index contributed by atoms with van der Waals surface area (Å²) >= 11 is 0. The number of carbonyl (C=O) groups is 2. The van der Waals surface area contributed by atoms with Crippen molar-refractivity contribution in [2.24, 2.45) is 59.2 Å². The molecule has 0 aromatic carbocycles. The molecule has 4 heteroatoms. The lowest BCUT2D eigenvalue weighted by Crippen LogP contribution is -2.43. The van der Waals surface area contributed by atoms with Crippen LogP contribution in [0, 0.1) is 59.2 Å². The van der Waals surface area contributed by atoms with Gasteiger partial charge in [0.15, 0.2) is 0 Å². The van der Waals surface area contributed by atoms with Gasteiger partial charge in [-0.2, -0.15) is 0 Å². The fourth-order valence-corrected chi connectivity index (χ4v) is 6.95. The molecule has 2 N–H and O–H groups in total. The first-order valence-electron chi connectivity index (χ1n) is 6.77. The maximum atomic E-state index is 11.5. The second-order valence-electron chi connectivity index (χ2n) is 6.73. The number of carboxylic acid groups (broad SMARTS) is 2. The van der Waals surface area contributed by atoms with E-state index in [0.717, 1.165) is 0 Å². The Bertz CT molecular complexity index is 480. The standard InChI is InChI=1S/C14H14O4/c15-13(16)11-9-6-3-1-2-4-5(3)8(9)10(7(4)6)12(11)14(17)18/h1-12H,(H,15,16)(H,17,18)/t3-,4-,5?,6-,7-,8?,9-,10-,11-,12+/m1/s1. The predicted octanol–water partition coefficient (Wildman–Crippen LogP) is 0.942. The normalized spacial score (nSPS) is 64.2. The third-order valence-electron chi connectivity index (χ3n) is 6.79. The van der Waals surface area contributed by atoms with Crippen LogP contribution in [0.5, 0.6) is 0 Å². The highest BCUT2D eigenvalue weighted by atomic mass is 16.4. The minimum Gasteiger partial charge on any atom is -0.481 e. The van der Waals surface area contributed by atoms with E-state index in [1.54, 1.807) is 0 Å². The summed E-state index contributed by atoms with van der Waals surface area (Å²) in [5, 5.41) is 18.8. The Kier molecular flexibility index (Phi) is 1.34. The summed E-state index contributed by atoms with van der Waals surface area (Å²) in [6, 6.07) is 0. The van der Waals surface area contributed by atoms with Gasteiger partial charge in [0.2, 0.25) is 0 Å². The van der Waals surface area contributed by atoms with Crippen LogP contribution in [0.3, 0.4) is 0 Å². The topological polar surface area (TPSA) is 74.6 Å². The molecule has 94 valence electrons. The van der Waals surface area contributed by atoms with Crippen LogP contribution in [0.2, 0.25) is 0 Å². The van der Waals surface area contributed by atoms with E-state index in [1.807, 2.05) is 0 Å². The van der Waals surface area contributed by atoms with Crippen molar-refractivity contribution < 1.29 is 19.8 Å². The van der Waals surface area contributed by atoms with Crippen molar-refractivity contribution in [3.63, 3.8) is 0 Å². The summed E-state index contributed by atoms with van der Waals surface area (Å²) in [5.74, 6) is 0.353. The van der Waals surface area contributed by atoms with Crippen molar-refractivity contribution in [3.8, 4) is 0 Å². The van der Waals surface area contributed by atoms with E-state index in [4.69, 9.17) is 0 Å². The Morgan fingerprint density at radius 3 is 1.50 bits per heavy atom. The Balaban J connectivity index is 1.67. The van der Waals surface area contributed by atoms with E-state index in [1.165, 1.54) is 0 Å². The molecule has 0 aromatic heterocycles. The SMILES string of the molecule is O=C(O)[C@@H]1[C@H](C(=O)O)[C@H]2C3C4[C@H]5C=C[C@H]4[C@@H]2[C@@H]5[C@H]31.